The molecule has 0 unspecified atom stereocenters. The highest BCUT2D eigenvalue weighted by Gasteiger charge is 1.94. The van der Waals surface area contributed by atoms with Gasteiger partial charge >= 0.3 is 0 Å². The summed E-state index contributed by atoms with van der Waals surface area (Å²) in [6.45, 7) is 6.86. The summed E-state index contributed by atoms with van der Waals surface area (Å²) in [4.78, 5) is 0. The number of ether oxygens (including phenoxy) is 2. The van der Waals surface area contributed by atoms with Crippen LogP contribution in [0.15, 0.2) is 28.7 Å². The van der Waals surface area contributed by atoms with Crippen molar-refractivity contribution in [1.82, 2.24) is 0 Å². The first kappa shape index (κ1) is 14.5. The van der Waals surface area contributed by atoms with Crippen molar-refractivity contribution in [1.29, 1.82) is 0 Å². The van der Waals surface area contributed by atoms with Crippen LogP contribution in [0.2, 0.25) is 0 Å². The van der Waals surface area contributed by atoms with Crippen LogP contribution >= 0.6 is 15.9 Å². The Balaban J connectivity index is 1.99. The van der Waals surface area contributed by atoms with Crippen LogP contribution in [0.3, 0.4) is 0 Å². The third-order valence-electron chi connectivity index (χ3n) is 2.10. The van der Waals surface area contributed by atoms with E-state index in [0.29, 0.717) is 19.8 Å². The van der Waals surface area contributed by atoms with E-state index in [4.69, 9.17) is 9.47 Å². The maximum Gasteiger partial charge on any atom is 0.0703 e. The zero-order chi connectivity index (χ0) is 12.5. The zero-order valence-electron chi connectivity index (χ0n) is 10.4. The van der Waals surface area contributed by atoms with Gasteiger partial charge in [-0.2, -0.15) is 0 Å². The summed E-state index contributed by atoms with van der Waals surface area (Å²) >= 11 is 3.40. The van der Waals surface area contributed by atoms with Gasteiger partial charge in [0.25, 0.3) is 0 Å². The molecule has 0 atom stereocenters. The van der Waals surface area contributed by atoms with E-state index in [2.05, 4.69) is 21.2 Å². The second-order valence-electron chi connectivity index (χ2n) is 3.97. The van der Waals surface area contributed by atoms with Crippen LogP contribution < -0.4 is 5.32 Å². The minimum atomic E-state index is 0.277. The van der Waals surface area contributed by atoms with Crippen LogP contribution in [0, 0.1) is 0 Å². The number of benzene rings is 1. The second-order valence-corrected chi connectivity index (χ2v) is 4.88. The first-order chi connectivity index (χ1) is 8.18. The molecule has 17 heavy (non-hydrogen) atoms. The van der Waals surface area contributed by atoms with E-state index in [-0.39, 0.29) is 6.10 Å². The molecule has 0 saturated carbocycles. The van der Waals surface area contributed by atoms with Crippen LogP contribution in [-0.2, 0) is 9.47 Å². The van der Waals surface area contributed by atoms with Crippen molar-refractivity contribution in [3.05, 3.63) is 28.7 Å². The van der Waals surface area contributed by atoms with Crippen molar-refractivity contribution in [3.8, 4) is 0 Å². The highest BCUT2D eigenvalue weighted by Crippen LogP contribution is 2.13. The molecule has 0 aliphatic rings. The Kier molecular flexibility index (Phi) is 7.24. The number of anilines is 1. The normalized spacial score (nSPS) is 10.8. The van der Waals surface area contributed by atoms with E-state index in [1.165, 1.54) is 0 Å². The lowest BCUT2D eigenvalue weighted by Crippen LogP contribution is -2.14. The SMILES string of the molecule is CC(C)OCCOCCNc1ccc(Br)cc1. The van der Waals surface area contributed by atoms with Gasteiger partial charge in [-0.25, -0.2) is 0 Å². The molecule has 1 aromatic carbocycles. The highest BCUT2D eigenvalue weighted by atomic mass is 79.9. The van der Waals surface area contributed by atoms with Gasteiger partial charge in [-0.15, -0.1) is 0 Å². The van der Waals surface area contributed by atoms with Gasteiger partial charge in [0, 0.05) is 16.7 Å². The summed E-state index contributed by atoms with van der Waals surface area (Å²) < 4.78 is 11.9. The van der Waals surface area contributed by atoms with Gasteiger partial charge in [0.1, 0.15) is 0 Å². The average molecular weight is 302 g/mol. The van der Waals surface area contributed by atoms with Gasteiger partial charge < -0.3 is 14.8 Å². The second kappa shape index (κ2) is 8.50. The summed E-state index contributed by atoms with van der Waals surface area (Å²) in [5.41, 5.74) is 1.11. The summed E-state index contributed by atoms with van der Waals surface area (Å²) in [6, 6.07) is 8.09. The number of halogens is 1. The third kappa shape index (κ3) is 7.36. The lowest BCUT2D eigenvalue weighted by Gasteiger charge is -2.09. The van der Waals surface area contributed by atoms with Crippen molar-refractivity contribution in [2.24, 2.45) is 0 Å². The third-order valence-corrected chi connectivity index (χ3v) is 2.63. The van der Waals surface area contributed by atoms with Crippen LogP contribution in [0.1, 0.15) is 13.8 Å². The maximum atomic E-state index is 5.43. The fourth-order valence-corrected chi connectivity index (χ4v) is 1.54. The molecule has 96 valence electrons. The minimum absolute atomic E-state index is 0.277. The van der Waals surface area contributed by atoms with Gasteiger partial charge in [0.2, 0.25) is 0 Å². The van der Waals surface area contributed by atoms with E-state index in [9.17, 15) is 0 Å². The van der Waals surface area contributed by atoms with E-state index in [1.807, 2.05) is 38.1 Å². The van der Waals surface area contributed by atoms with Crippen molar-refractivity contribution < 1.29 is 9.47 Å². The summed E-state index contributed by atoms with van der Waals surface area (Å²) in [6.07, 6.45) is 0.277. The van der Waals surface area contributed by atoms with Crippen LogP contribution in [0.4, 0.5) is 5.69 Å². The Hall–Kier alpha value is -0.580. The van der Waals surface area contributed by atoms with Crippen LogP contribution in [-0.4, -0.2) is 32.5 Å². The Morgan fingerprint density at radius 2 is 1.82 bits per heavy atom. The number of hydrogen-bond donors (Lipinski definition) is 1. The fourth-order valence-electron chi connectivity index (χ4n) is 1.28. The van der Waals surface area contributed by atoms with Crippen molar-refractivity contribution in [2.45, 2.75) is 20.0 Å². The molecule has 0 aliphatic carbocycles. The summed E-state index contributed by atoms with van der Waals surface area (Å²) in [5.74, 6) is 0. The minimum Gasteiger partial charge on any atom is -0.383 e. The quantitative estimate of drug-likeness (QED) is 0.747. The van der Waals surface area contributed by atoms with E-state index in [1.54, 1.807) is 0 Å². The molecule has 3 nitrogen and oxygen atoms in total. The molecule has 0 saturated heterocycles. The fraction of sp³-hybridized carbons (Fsp3) is 0.538. The van der Waals surface area contributed by atoms with Crippen molar-refractivity contribution >= 4 is 21.6 Å². The molecule has 0 aliphatic heterocycles. The molecule has 0 bridgehead atoms. The van der Waals surface area contributed by atoms with Crippen molar-refractivity contribution in [2.75, 3.05) is 31.7 Å². The molecule has 1 aromatic rings. The standard InChI is InChI=1S/C13H20BrNO2/c1-11(2)17-10-9-16-8-7-15-13-5-3-12(14)4-6-13/h3-6,11,15H,7-10H2,1-2H3. The first-order valence-electron chi connectivity index (χ1n) is 5.87. The summed E-state index contributed by atoms with van der Waals surface area (Å²) in [5, 5.41) is 3.28. The summed E-state index contributed by atoms with van der Waals surface area (Å²) in [7, 11) is 0. The van der Waals surface area contributed by atoms with Crippen LogP contribution in [0.5, 0.6) is 0 Å². The largest absolute Gasteiger partial charge is 0.383 e. The topological polar surface area (TPSA) is 30.5 Å². The molecule has 1 N–H and O–H groups in total. The lowest BCUT2D eigenvalue weighted by atomic mass is 10.3. The molecule has 0 radical (unpaired) electrons. The van der Waals surface area contributed by atoms with Crippen LogP contribution in [0.25, 0.3) is 0 Å². The van der Waals surface area contributed by atoms with Gasteiger partial charge in [0.05, 0.1) is 25.9 Å². The van der Waals surface area contributed by atoms with Crippen molar-refractivity contribution in [3.63, 3.8) is 0 Å². The monoisotopic (exact) mass is 301 g/mol. The number of hydrogen-bond acceptors (Lipinski definition) is 3. The van der Waals surface area contributed by atoms with Gasteiger partial charge in [0.15, 0.2) is 0 Å². The van der Waals surface area contributed by atoms with Gasteiger partial charge in [-0.1, -0.05) is 15.9 Å². The zero-order valence-corrected chi connectivity index (χ0v) is 12.0. The molecule has 1 rings (SSSR count). The predicted molar refractivity (Wildman–Crippen MR) is 74.5 cm³/mol. The van der Waals surface area contributed by atoms with Gasteiger partial charge in [-0.05, 0) is 38.1 Å². The Bertz CT molecular complexity index is 301. The highest BCUT2D eigenvalue weighted by molar-refractivity contribution is 9.10. The lowest BCUT2D eigenvalue weighted by molar-refractivity contribution is 0.0222. The molecule has 0 heterocycles. The molecule has 0 fully saturated rings. The molecule has 0 amide bonds. The molecule has 0 aromatic heterocycles. The average Bonchev–Trinajstić information content (AvgIpc) is 2.30. The maximum absolute atomic E-state index is 5.43. The van der Waals surface area contributed by atoms with E-state index >= 15 is 0 Å². The van der Waals surface area contributed by atoms with E-state index in [0.717, 1.165) is 16.7 Å². The van der Waals surface area contributed by atoms with E-state index < -0.39 is 0 Å². The Morgan fingerprint density at radius 3 is 2.47 bits per heavy atom. The Morgan fingerprint density at radius 1 is 1.12 bits per heavy atom. The molecular formula is C13H20BrNO2. The number of nitrogens with one attached hydrogen (secondary N) is 1. The van der Waals surface area contributed by atoms with Gasteiger partial charge in [-0.3, -0.25) is 0 Å². The molecule has 4 heteroatoms. The molecular weight excluding hydrogens is 282 g/mol. The first-order valence-corrected chi connectivity index (χ1v) is 6.66. The number of rotatable bonds is 8. The smallest absolute Gasteiger partial charge is 0.0703 e. The predicted octanol–water partition coefficient (Wildman–Crippen LogP) is 3.30. The molecule has 0 spiro atoms. The Labute approximate surface area is 112 Å².